The van der Waals surface area contributed by atoms with Gasteiger partial charge in [-0.25, -0.2) is 0 Å². The zero-order valence-electron chi connectivity index (χ0n) is 8.07. The molecule has 11 heavy (non-hydrogen) atoms. The average molecular weight is 153 g/mol. The van der Waals surface area contributed by atoms with E-state index in [1.165, 1.54) is 12.0 Å². The third-order valence-corrected chi connectivity index (χ3v) is 2.83. The van der Waals surface area contributed by atoms with Crippen LogP contribution in [0.1, 0.15) is 27.2 Å². The first-order valence-electron chi connectivity index (χ1n) is 4.31. The monoisotopic (exact) mass is 153 g/mol. The molecular weight excluding hydrogens is 134 g/mol. The minimum atomic E-state index is 0.532. The van der Waals surface area contributed by atoms with Crippen LogP contribution in [0.2, 0.25) is 0 Å². The minimum Gasteiger partial charge on any atom is -0.313 e. The third-order valence-electron chi connectivity index (χ3n) is 2.83. The summed E-state index contributed by atoms with van der Waals surface area (Å²) in [6.07, 6.45) is 1.34. The fourth-order valence-electron chi connectivity index (χ4n) is 1.87. The number of hydrogen-bond acceptors (Lipinski definition) is 1. The summed E-state index contributed by atoms with van der Waals surface area (Å²) in [6, 6.07) is 0.532. The first-order valence-corrected chi connectivity index (χ1v) is 4.31. The standard InChI is InChI=1S/C10H19N/c1-7(2)9(11-5)8-6-10(8,3)4/h8-9,11H,1,6H2,2-5H3. The van der Waals surface area contributed by atoms with Gasteiger partial charge in [0.1, 0.15) is 0 Å². The lowest BCUT2D eigenvalue weighted by atomic mass is 9.99. The van der Waals surface area contributed by atoms with Crippen molar-refractivity contribution in [1.82, 2.24) is 5.32 Å². The van der Waals surface area contributed by atoms with Crippen molar-refractivity contribution in [2.45, 2.75) is 33.2 Å². The predicted octanol–water partition coefficient (Wildman–Crippen LogP) is 2.20. The van der Waals surface area contributed by atoms with Crippen LogP contribution >= 0.6 is 0 Å². The van der Waals surface area contributed by atoms with Crippen molar-refractivity contribution in [2.75, 3.05) is 7.05 Å². The van der Waals surface area contributed by atoms with Crippen LogP contribution in [0.5, 0.6) is 0 Å². The molecule has 2 atom stereocenters. The van der Waals surface area contributed by atoms with E-state index in [2.05, 4.69) is 32.7 Å². The molecule has 0 heterocycles. The average Bonchev–Trinajstić information content (AvgIpc) is 2.41. The lowest BCUT2D eigenvalue weighted by Crippen LogP contribution is -2.29. The van der Waals surface area contributed by atoms with Gasteiger partial charge in [0.2, 0.25) is 0 Å². The third kappa shape index (κ3) is 1.64. The van der Waals surface area contributed by atoms with Crippen molar-refractivity contribution in [3.05, 3.63) is 12.2 Å². The second-order valence-corrected chi connectivity index (χ2v) is 4.41. The molecule has 0 aromatic rings. The molecule has 1 fully saturated rings. The molecule has 0 aromatic heterocycles. The van der Waals surface area contributed by atoms with Crippen molar-refractivity contribution >= 4 is 0 Å². The fraction of sp³-hybridized carbons (Fsp3) is 0.800. The van der Waals surface area contributed by atoms with Crippen LogP contribution in [-0.4, -0.2) is 13.1 Å². The molecule has 64 valence electrons. The van der Waals surface area contributed by atoms with Crippen LogP contribution in [0.4, 0.5) is 0 Å². The molecule has 1 rings (SSSR count). The lowest BCUT2D eigenvalue weighted by molar-refractivity contribution is 0.469. The first-order chi connectivity index (χ1) is 4.99. The summed E-state index contributed by atoms with van der Waals surface area (Å²) in [5.41, 5.74) is 1.81. The Kier molecular flexibility index (Phi) is 2.10. The van der Waals surface area contributed by atoms with E-state index >= 15 is 0 Å². The van der Waals surface area contributed by atoms with E-state index < -0.39 is 0 Å². The fourth-order valence-corrected chi connectivity index (χ4v) is 1.87. The highest BCUT2D eigenvalue weighted by Gasteiger charge is 2.49. The van der Waals surface area contributed by atoms with E-state index in [0.717, 1.165) is 5.92 Å². The van der Waals surface area contributed by atoms with Gasteiger partial charge in [0.15, 0.2) is 0 Å². The Balaban J connectivity index is 2.53. The highest BCUT2D eigenvalue weighted by Crippen LogP contribution is 2.54. The summed E-state index contributed by atoms with van der Waals surface area (Å²) in [7, 11) is 2.02. The molecule has 0 aromatic carbocycles. The number of hydrogen-bond donors (Lipinski definition) is 1. The van der Waals surface area contributed by atoms with Crippen LogP contribution in [0.25, 0.3) is 0 Å². The molecule has 0 spiro atoms. The van der Waals surface area contributed by atoms with E-state index in [0.29, 0.717) is 11.5 Å². The van der Waals surface area contributed by atoms with Crippen LogP contribution < -0.4 is 5.32 Å². The van der Waals surface area contributed by atoms with Crippen LogP contribution in [0.3, 0.4) is 0 Å². The van der Waals surface area contributed by atoms with E-state index in [-0.39, 0.29) is 0 Å². The quantitative estimate of drug-likeness (QED) is 0.613. The van der Waals surface area contributed by atoms with Gasteiger partial charge in [-0.2, -0.15) is 0 Å². The van der Waals surface area contributed by atoms with Crippen molar-refractivity contribution in [3.63, 3.8) is 0 Å². The van der Waals surface area contributed by atoms with Gasteiger partial charge in [0.25, 0.3) is 0 Å². The Bertz CT molecular complexity index is 170. The second-order valence-electron chi connectivity index (χ2n) is 4.41. The molecule has 2 unspecified atom stereocenters. The van der Waals surface area contributed by atoms with Crippen LogP contribution in [0.15, 0.2) is 12.2 Å². The van der Waals surface area contributed by atoms with E-state index in [1.807, 2.05) is 7.05 Å². The Labute approximate surface area is 69.9 Å². The number of rotatable bonds is 3. The maximum absolute atomic E-state index is 3.99. The molecule has 0 radical (unpaired) electrons. The summed E-state index contributed by atoms with van der Waals surface area (Å²) >= 11 is 0. The van der Waals surface area contributed by atoms with Gasteiger partial charge in [0.05, 0.1) is 0 Å². The van der Waals surface area contributed by atoms with Gasteiger partial charge in [-0.3, -0.25) is 0 Å². The smallest absolute Gasteiger partial charge is 0.0305 e. The van der Waals surface area contributed by atoms with Gasteiger partial charge < -0.3 is 5.32 Å². The van der Waals surface area contributed by atoms with Crippen molar-refractivity contribution in [1.29, 1.82) is 0 Å². The SMILES string of the molecule is C=C(C)C(NC)C1CC1(C)C. The molecule has 1 heteroatoms. The van der Waals surface area contributed by atoms with Crippen LogP contribution in [-0.2, 0) is 0 Å². The zero-order valence-corrected chi connectivity index (χ0v) is 8.07. The van der Waals surface area contributed by atoms with E-state index in [1.54, 1.807) is 0 Å². The molecule has 0 aliphatic heterocycles. The Morgan fingerprint density at radius 2 is 2.09 bits per heavy atom. The van der Waals surface area contributed by atoms with E-state index in [4.69, 9.17) is 0 Å². The molecule has 1 aliphatic rings. The molecule has 1 saturated carbocycles. The Morgan fingerprint density at radius 3 is 2.18 bits per heavy atom. The molecular formula is C10H19N. The summed E-state index contributed by atoms with van der Waals surface area (Å²) in [5.74, 6) is 0.810. The van der Waals surface area contributed by atoms with Gasteiger partial charge in [-0.15, -0.1) is 0 Å². The highest BCUT2D eigenvalue weighted by molar-refractivity contribution is 5.13. The highest BCUT2D eigenvalue weighted by atomic mass is 14.9. The summed E-state index contributed by atoms with van der Waals surface area (Å²) in [4.78, 5) is 0. The normalized spacial score (nSPS) is 29.6. The Hall–Kier alpha value is -0.300. The van der Waals surface area contributed by atoms with Crippen molar-refractivity contribution < 1.29 is 0 Å². The number of nitrogens with one attached hydrogen (secondary N) is 1. The molecule has 0 bridgehead atoms. The summed E-state index contributed by atoms with van der Waals surface area (Å²) < 4.78 is 0. The lowest BCUT2D eigenvalue weighted by Gasteiger charge is -2.17. The maximum Gasteiger partial charge on any atom is 0.0305 e. The molecule has 1 nitrogen and oxygen atoms in total. The predicted molar refractivity (Wildman–Crippen MR) is 49.5 cm³/mol. The Morgan fingerprint density at radius 1 is 1.64 bits per heavy atom. The first kappa shape index (κ1) is 8.79. The molecule has 0 saturated heterocycles. The largest absolute Gasteiger partial charge is 0.313 e. The summed E-state index contributed by atoms with van der Waals surface area (Å²) in [5, 5.41) is 3.32. The second kappa shape index (κ2) is 2.63. The minimum absolute atomic E-state index is 0.532. The van der Waals surface area contributed by atoms with Gasteiger partial charge in [0, 0.05) is 6.04 Å². The summed E-state index contributed by atoms with van der Waals surface area (Å²) in [6.45, 7) is 10.7. The zero-order chi connectivity index (χ0) is 8.65. The van der Waals surface area contributed by atoms with Crippen LogP contribution in [0, 0.1) is 11.3 Å². The number of likely N-dealkylation sites (N-methyl/N-ethyl adjacent to an activating group) is 1. The molecule has 0 amide bonds. The topological polar surface area (TPSA) is 12.0 Å². The van der Waals surface area contributed by atoms with Crippen molar-refractivity contribution in [2.24, 2.45) is 11.3 Å². The van der Waals surface area contributed by atoms with Gasteiger partial charge in [-0.1, -0.05) is 26.0 Å². The van der Waals surface area contributed by atoms with Gasteiger partial charge in [-0.05, 0) is 31.7 Å². The van der Waals surface area contributed by atoms with Crippen molar-refractivity contribution in [3.8, 4) is 0 Å². The molecule has 1 aliphatic carbocycles. The van der Waals surface area contributed by atoms with Gasteiger partial charge >= 0.3 is 0 Å². The molecule has 1 N–H and O–H groups in total. The maximum atomic E-state index is 3.99. The van der Waals surface area contributed by atoms with E-state index in [9.17, 15) is 0 Å².